The Kier molecular flexibility index (Phi) is 11.1. The first-order valence-corrected chi connectivity index (χ1v) is 21.8. The van der Waals surface area contributed by atoms with E-state index in [9.17, 15) is 26.3 Å². The van der Waals surface area contributed by atoms with Gasteiger partial charge in [0.05, 0.1) is 43.0 Å². The highest BCUT2D eigenvalue weighted by atomic mass is 127. The number of aromatic nitrogens is 4. The van der Waals surface area contributed by atoms with Crippen molar-refractivity contribution in [1.29, 1.82) is 0 Å². The second-order valence-corrected chi connectivity index (χ2v) is 16.6. The van der Waals surface area contributed by atoms with Gasteiger partial charge in [0.1, 0.15) is 0 Å². The topological polar surface area (TPSA) is 60.6 Å². The van der Waals surface area contributed by atoms with E-state index >= 15 is 0 Å². The minimum absolute atomic E-state index is 0.0603. The first kappa shape index (κ1) is 42.5. The van der Waals surface area contributed by atoms with Gasteiger partial charge in [0.15, 0.2) is 0 Å². The number of H-pyrrole nitrogens is 2. The van der Waals surface area contributed by atoms with Crippen LogP contribution in [0.3, 0.4) is 0 Å². The van der Waals surface area contributed by atoms with Gasteiger partial charge in [-0.15, -0.1) is 0 Å². The number of rotatable bonds is 7. The molecule has 0 atom stereocenters. The molecule has 2 aliphatic heterocycles. The molecule has 2 aliphatic rings. The molecule has 5 aromatic carbocycles. The molecule has 0 spiro atoms. The zero-order valence-electron chi connectivity index (χ0n) is 34.5. The molecular weight excluding hydrogens is 960 g/mol. The largest absolute Gasteiger partial charge is 0.417 e. The standard InChI is InChI=1S/C54H34F6IN5/c55-53(56,57)40-17-9-7-15-37(40)50-44-27-25-42(62-44)39(24-21-33-19-22-36(23-20-33)66(34-11-3-1-4-12-34)35-13-5-2-6-14-35)43-26-28-45(63-43)51(38-16-8-10-18-41(38)54(58,59)60)47-30-32-49(65-47)52(61)48-31-29-46(50)64-48/h1-32,62,65H/b24-21+,42-39?,43-39?,50-44?,50-46?,51-45?,51-47?,52-48?,52-49?. The average molecular weight is 994 g/mol. The summed E-state index contributed by atoms with van der Waals surface area (Å²) >= 11 is 2.09. The maximum absolute atomic E-state index is 14.7. The van der Waals surface area contributed by atoms with Crippen molar-refractivity contribution in [2.24, 2.45) is 0 Å². The minimum atomic E-state index is -4.67. The van der Waals surface area contributed by atoms with Crippen molar-refractivity contribution >= 4 is 98.2 Å². The van der Waals surface area contributed by atoms with Crippen LogP contribution in [0.1, 0.15) is 45.0 Å². The van der Waals surface area contributed by atoms with E-state index in [2.05, 4.69) is 37.5 Å². The van der Waals surface area contributed by atoms with Crippen LogP contribution in [0.5, 0.6) is 0 Å². The van der Waals surface area contributed by atoms with Crippen molar-refractivity contribution in [2.75, 3.05) is 4.90 Å². The molecule has 66 heavy (non-hydrogen) atoms. The van der Waals surface area contributed by atoms with Gasteiger partial charge in [-0.2, -0.15) is 26.3 Å². The number of nitrogens with zero attached hydrogens (tertiary/aromatic N) is 3. The SMILES string of the molecule is FC(F)(F)c1ccccc1-c1c2nc(c(/C=C/c3ccc(N(c4ccccc4)c4ccccc4)cc3)c3ccc([nH]3)c(-c3ccccc3C(F)(F)F)c3nc(c(I)c4ccc1[nH]4)C=C3)C=C2. The number of hydrogen-bond donors (Lipinski definition) is 2. The Labute approximate surface area is 388 Å². The highest BCUT2D eigenvalue weighted by molar-refractivity contribution is 14.1. The second kappa shape index (κ2) is 17.2. The van der Waals surface area contributed by atoms with Crippen LogP contribution in [0.15, 0.2) is 158 Å². The van der Waals surface area contributed by atoms with Crippen LogP contribution in [-0.2, 0) is 12.4 Å². The molecule has 0 unspecified atom stereocenters. The molecule has 0 radical (unpaired) electrons. The van der Waals surface area contributed by atoms with Crippen LogP contribution >= 0.6 is 22.6 Å². The molecule has 8 aromatic rings. The summed E-state index contributed by atoms with van der Waals surface area (Å²) in [6.07, 6.45) is 1.21. The zero-order valence-corrected chi connectivity index (χ0v) is 36.6. The number of anilines is 3. The van der Waals surface area contributed by atoms with E-state index in [1.807, 2.05) is 97.1 Å². The maximum Gasteiger partial charge on any atom is 0.417 e. The van der Waals surface area contributed by atoms with Crippen LogP contribution in [-0.4, -0.2) is 19.9 Å². The monoisotopic (exact) mass is 993 g/mol. The first-order valence-electron chi connectivity index (χ1n) is 20.7. The summed E-state index contributed by atoms with van der Waals surface area (Å²) in [6, 6.07) is 45.7. The number of para-hydroxylation sites is 2. The third-order valence-corrected chi connectivity index (χ3v) is 12.5. The third-order valence-electron chi connectivity index (χ3n) is 11.4. The summed E-state index contributed by atoms with van der Waals surface area (Å²) in [5, 5.41) is 0. The van der Waals surface area contributed by atoms with E-state index in [1.165, 1.54) is 24.3 Å². The number of nitrogens with one attached hydrogen (secondary N) is 2. The number of alkyl halides is 6. The highest BCUT2D eigenvalue weighted by Crippen LogP contribution is 2.43. The van der Waals surface area contributed by atoms with Crippen LogP contribution < -0.4 is 4.90 Å². The van der Waals surface area contributed by atoms with Crippen LogP contribution in [0.4, 0.5) is 43.4 Å². The number of halogens is 7. The van der Waals surface area contributed by atoms with Crippen LogP contribution in [0.2, 0.25) is 0 Å². The molecule has 5 heterocycles. The Bertz CT molecular complexity index is 3310. The zero-order chi connectivity index (χ0) is 45.6. The van der Waals surface area contributed by atoms with Crippen molar-refractivity contribution in [1.82, 2.24) is 19.9 Å². The Balaban J connectivity index is 1.23. The summed E-state index contributed by atoms with van der Waals surface area (Å²) < 4.78 is 89.0. The van der Waals surface area contributed by atoms with Gasteiger partial charge < -0.3 is 14.9 Å². The predicted molar refractivity (Wildman–Crippen MR) is 263 cm³/mol. The molecule has 10 rings (SSSR count). The second-order valence-electron chi connectivity index (χ2n) is 15.5. The van der Waals surface area contributed by atoms with Crippen molar-refractivity contribution in [3.05, 3.63) is 206 Å². The lowest BCUT2D eigenvalue weighted by Gasteiger charge is -2.25. The van der Waals surface area contributed by atoms with Gasteiger partial charge in [-0.05, 0) is 136 Å². The summed E-state index contributed by atoms with van der Waals surface area (Å²) in [4.78, 5) is 18.8. The average Bonchev–Trinajstić information content (AvgIpc) is 4.17. The first-order chi connectivity index (χ1) is 31.9. The smallest absolute Gasteiger partial charge is 0.354 e. The van der Waals surface area contributed by atoms with E-state index in [4.69, 9.17) is 9.97 Å². The summed E-state index contributed by atoms with van der Waals surface area (Å²) in [5.74, 6) is 0. The van der Waals surface area contributed by atoms with Gasteiger partial charge in [-0.3, -0.25) is 0 Å². The van der Waals surface area contributed by atoms with Gasteiger partial charge in [-0.1, -0.05) is 97.1 Å². The summed E-state index contributed by atoms with van der Waals surface area (Å²) in [5.41, 5.74) is 6.20. The molecule has 0 saturated heterocycles. The lowest BCUT2D eigenvalue weighted by molar-refractivity contribution is -0.137. The minimum Gasteiger partial charge on any atom is -0.354 e. The Hall–Kier alpha value is -7.45. The van der Waals surface area contributed by atoms with Crippen molar-refractivity contribution in [3.8, 4) is 22.3 Å². The lowest BCUT2D eigenvalue weighted by Crippen LogP contribution is -2.09. The molecular formula is C54H34F6IN5. The fourth-order valence-corrected chi connectivity index (χ4v) is 8.96. The van der Waals surface area contributed by atoms with Gasteiger partial charge in [0.25, 0.3) is 0 Å². The van der Waals surface area contributed by atoms with Crippen LogP contribution in [0.25, 0.3) is 80.8 Å². The number of aromatic amines is 2. The van der Waals surface area contributed by atoms with Gasteiger partial charge in [0.2, 0.25) is 0 Å². The van der Waals surface area contributed by atoms with E-state index < -0.39 is 23.5 Å². The molecule has 5 nitrogen and oxygen atoms in total. The number of fused-ring (bicyclic) bond motifs is 8. The van der Waals surface area contributed by atoms with E-state index in [-0.39, 0.29) is 27.9 Å². The molecule has 324 valence electrons. The quantitative estimate of drug-likeness (QED) is 0.124. The number of hydrogen-bond acceptors (Lipinski definition) is 3. The number of benzene rings is 5. The van der Waals surface area contributed by atoms with Crippen molar-refractivity contribution in [2.45, 2.75) is 12.4 Å². The Morgan fingerprint density at radius 1 is 0.424 bits per heavy atom. The Morgan fingerprint density at radius 3 is 1.39 bits per heavy atom. The van der Waals surface area contributed by atoms with E-state index in [0.29, 0.717) is 48.3 Å². The fourth-order valence-electron chi connectivity index (χ4n) is 8.35. The van der Waals surface area contributed by atoms with Gasteiger partial charge >= 0.3 is 12.4 Å². The summed E-state index contributed by atoms with van der Waals surface area (Å²) in [6.45, 7) is 0. The molecule has 0 fully saturated rings. The molecule has 0 amide bonds. The maximum atomic E-state index is 14.7. The molecule has 0 aliphatic carbocycles. The van der Waals surface area contributed by atoms with Gasteiger partial charge in [-0.25, -0.2) is 9.97 Å². The van der Waals surface area contributed by atoms with E-state index in [1.54, 1.807) is 60.7 Å². The molecule has 2 N–H and O–H groups in total. The predicted octanol–water partition coefficient (Wildman–Crippen LogP) is 16.3. The van der Waals surface area contributed by atoms with Crippen LogP contribution in [0, 0.1) is 3.57 Å². The third kappa shape index (κ3) is 8.24. The van der Waals surface area contributed by atoms with E-state index in [0.717, 1.165) is 34.8 Å². The molecule has 0 saturated carbocycles. The van der Waals surface area contributed by atoms with Crippen molar-refractivity contribution < 1.29 is 26.3 Å². The molecule has 3 aromatic heterocycles. The highest BCUT2D eigenvalue weighted by Gasteiger charge is 2.35. The normalized spacial score (nSPS) is 12.6. The Morgan fingerprint density at radius 2 is 0.848 bits per heavy atom. The van der Waals surface area contributed by atoms with Gasteiger partial charge in [0, 0.05) is 50.3 Å². The van der Waals surface area contributed by atoms with Crippen molar-refractivity contribution in [3.63, 3.8) is 0 Å². The molecule has 12 heteroatoms. The molecule has 8 bridgehead atoms. The lowest BCUT2D eigenvalue weighted by atomic mass is 9.98. The summed E-state index contributed by atoms with van der Waals surface area (Å²) in [7, 11) is 0. The fraction of sp³-hybridized carbons (Fsp3) is 0.0370.